The van der Waals surface area contributed by atoms with Crippen LogP contribution in [0.4, 0.5) is 5.82 Å². The summed E-state index contributed by atoms with van der Waals surface area (Å²) in [7, 11) is 0. The molecule has 0 amide bonds. The fourth-order valence-electron chi connectivity index (χ4n) is 1.17. The lowest BCUT2D eigenvalue weighted by atomic mass is 10.4. The van der Waals surface area contributed by atoms with Gasteiger partial charge >= 0.3 is 0 Å². The molecule has 72 valence electrons. The quantitative estimate of drug-likeness (QED) is 0.751. The Labute approximate surface area is 81.6 Å². The molecule has 0 aliphatic carbocycles. The van der Waals surface area contributed by atoms with Gasteiger partial charge in [0.15, 0.2) is 0 Å². The van der Waals surface area contributed by atoms with Gasteiger partial charge in [-0.05, 0) is 12.5 Å². The Kier molecular flexibility index (Phi) is 2.14. The second-order valence-electron chi connectivity index (χ2n) is 3.15. The van der Waals surface area contributed by atoms with E-state index in [0.29, 0.717) is 12.4 Å². The van der Waals surface area contributed by atoms with Gasteiger partial charge in [0.05, 0.1) is 30.8 Å². The van der Waals surface area contributed by atoms with Crippen molar-refractivity contribution in [2.24, 2.45) is 0 Å². The number of aromatic nitrogens is 4. The first-order valence-electron chi connectivity index (χ1n) is 4.29. The second kappa shape index (κ2) is 3.45. The van der Waals surface area contributed by atoms with E-state index in [2.05, 4.69) is 15.1 Å². The first kappa shape index (κ1) is 8.68. The summed E-state index contributed by atoms with van der Waals surface area (Å²) >= 11 is 0. The summed E-state index contributed by atoms with van der Waals surface area (Å²) in [5, 5.41) is 4.15. The molecule has 0 saturated carbocycles. The van der Waals surface area contributed by atoms with Crippen molar-refractivity contribution in [3.8, 4) is 0 Å². The lowest BCUT2D eigenvalue weighted by molar-refractivity contribution is 0.670. The zero-order valence-corrected chi connectivity index (χ0v) is 7.88. The van der Waals surface area contributed by atoms with Crippen LogP contribution in [0.1, 0.15) is 11.3 Å². The predicted molar refractivity (Wildman–Crippen MR) is 52.5 cm³/mol. The molecule has 2 aromatic heterocycles. The van der Waals surface area contributed by atoms with Gasteiger partial charge in [-0.3, -0.25) is 9.67 Å². The molecule has 0 unspecified atom stereocenters. The van der Waals surface area contributed by atoms with Crippen molar-refractivity contribution in [2.75, 3.05) is 5.73 Å². The Morgan fingerprint density at radius 1 is 1.29 bits per heavy atom. The normalized spacial score (nSPS) is 10.4. The van der Waals surface area contributed by atoms with Crippen molar-refractivity contribution in [1.82, 2.24) is 19.7 Å². The third-order valence-electron chi connectivity index (χ3n) is 1.81. The monoisotopic (exact) mass is 189 g/mol. The molecule has 14 heavy (non-hydrogen) atoms. The maximum atomic E-state index is 5.43. The molecule has 2 heterocycles. The minimum atomic E-state index is 0.436. The number of nitrogens with zero attached hydrogens (tertiary/aromatic N) is 4. The summed E-state index contributed by atoms with van der Waals surface area (Å²) < 4.78 is 1.82. The summed E-state index contributed by atoms with van der Waals surface area (Å²) in [6.45, 7) is 2.62. The van der Waals surface area contributed by atoms with Gasteiger partial charge in [-0.2, -0.15) is 5.10 Å². The molecule has 0 radical (unpaired) electrons. The van der Waals surface area contributed by atoms with Gasteiger partial charge in [-0.25, -0.2) is 4.98 Å². The molecular weight excluding hydrogens is 178 g/mol. The van der Waals surface area contributed by atoms with Crippen LogP contribution in [-0.2, 0) is 6.54 Å². The van der Waals surface area contributed by atoms with E-state index >= 15 is 0 Å². The highest BCUT2D eigenvalue weighted by molar-refractivity contribution is 5.22. The number of anilines is 1. The van der Waals surface area contributed by atoms with Crippen LogP contribution in [0, 0.1) is 6.92 Å². The van der Waals surface area contributed by atoms with E-state index in [0.717, 1.165) is 11.3 Å². The van der Waals surface area contributed by atoms with Crippen LogP contribution in [0.25, 0.3) is 0 Å². The van der Waals surface area contributed by atoms with Crippen molar-refractivity contribution in [2.45, 2.75) is 13.5 Å². The zero-order valence-electron chi connectivity index (χ0n) is 7.88. The minimum absolute atomic E-state index is 0.436. The first-order valence-corrected chi connectivity index (χ1v) is 4.29. The Bertz CT molecular complexity index is 417. The summed E-state index contributed by atoms with van der Waals surface area (Å²) in [5.41, 5.74) is 7.41. The van der Waals surface area contributed by atoms with Crippen molar-refractivity contribution in [3.05, 3.63) is 36.0 Å². The number of nitrogens with two attached hydrogens (primary N) is 1. The summed E-state index contributed by atoms with van der Waals surface area (Å²) in [5.74, 6) is 0.436. The molecule has 0 bridgehead atoms. The third-order valence-corrected chi connectivity index (χ3v) is 1.81. The maximum absolute atomic E-state index is 5.43. The van der Waals surface area contributed by atoms with Crippen LogP contribution < -0.4 is 5.73 Å². The van der Waals surface area contributed by atoms with Gasteiger partial charge < -0.3 is 5.73 Å². The average Bonchev–Trinajstić information content (AvgIpc) is 2.56. The summed E-state index contributed by atoms with van der Waals surface area (Å²) in [6.07, 6.45) is 6.97. The van der Waals surface area contributed by atoms with E-state index in [1.54, 1.807) is 12.4 Å². The highest BCUT2D eigenvalue weighted by Gasteiger charge is 1.98. The Hall–Kier alpha value is -1.91. The lowest BCUT2D eigenvalue weighted by Crippen LogP contribution is -2.03. The second-order valence-corrected chi connectivity index (χ2v) is 3.15. The SMILES string of the molecule is Cc1cnn(Cc2cnc(N)cn2)c1. The molecule has 0 fully saturated rings. The smallest absolute Gasteiger partial charge is 0.141 e. The van der Waals surface area contributed by atoms with Crippen LogP contribution in [0.5, 0.6) is 0 Å². The first-order chi connectivity index (χ1) is 6.74. The van der Waals surface area contributed by atoms with Crippen LogP contribution in [0.3, 0.4) is 0 Å². The van der Waals surface area contributed by atoms with E-state index in [4.69, 9.17) is 5.73 Å². The molecule has 2 rings (SSSR count). The van der Waals surface area contributed by atoms with Crippen molar-refractivity contribution in [3.63, 3.8) is 0 Å². The van der Waals surface area contributed by atoms with Crippen molar-refractivity contribution < 1.29 is 0 Å². The van der Waals surface area contributed by atoms with Crippen LogP contribution in [0.2, 0.25) is 0 Å². The average molecular weight is 189 g/mol. The Morgan fingerprint density at radius 3 is 2.71 bits per heavy atom. The summed E-state index contributed by atoms with van der Waals surface area (Å²) in [6, 6.07) is 0. The molecule has 2 aromatic rings. The third kappa shape index (κ3) is 1.87. The van der Waals surface area contributed by atoms with Crippen LogP contribution >= 0.6 is 0 Å². The fourth-order valence-corrected chi connectivity index (χ4v) is 1.17. The molecule has 5 heteroatoms. The van der Waals surface area contributed by atoms with E-state index in [1.807, 2.05) is 24.0 Å². The van der Waals surface area contributed by atoms with Crippen molar-refractivity contribution >= 4 is 5.82 Å². The van der Waals surface area contributed by atoms with E-state index in [1.165, 1.54) is 0 Å². The van der Waals surface area contributed by atoms with Gasteiger partial charge in [0, 0.05) is 6.20 Å². The number of aryl methyl sites for hydroxylation is 1. The highest BCUT2D eigenvalue weighted by atomic mass is 15.3. The fraction of sp³-hybridized carbons (Fsp3) is 0.222. The maximum Gasteiger partial charge on any atom is 0.141 e. The zero-order chi connectivity index (χ0) is 9.97. The topological polar surface area (TPSA) is 69.6 Å². The molecular formula is C9H11N5. The summed E-state index contributed by atoms with van der Waals surface area (Å²) in [4.78, 5) is 8.09. The molecule has 0 aromatic carbocycles. The van der Waals surface area contributed by atoms with Gasteiger partial charge in [0.25, 0.3) is 0 Å². The van der Waals surface area contributed by atoms with Gasteiger partial charge in [0.1, 0.15) is 5.82 Å². The molecule has 0 aliphatic rings. The highest BCUT2D eigenvalue weighted by Crippen LogP contribution is 2.00. The number of rotatable bonds is 2. The van der Waals surface area contributed by atoms with Crippen LogP contribution in [-0.4, -0.2) is 19.7 Å². The van der Waals surface area contributed by atoms with Crippen LogP contribution in [0.15, 0.2) is 24.8 Å². The Morgan fingerprint density at radius 2 is 2.14 bits per heavy atom. The molecule has 5 nitrogen and oxygen atoms in total. The molecule has 2 N–H and O–H groups in total. The van der Waals surface area contributed by atoms with Gasteiger partial charge in [-0.1, -0.05) is 0 Å². The van der Waals surface area contributed by atoms with Crippen molar-refractivity contribution in [1.29, 1.82) is 0 Å². The Balaban J connectivity index is 2.15. The van der Waals surface area contributed by atoms with E-state index in [-0.39, 0.29) is 0 Å². The predicted octanol–water partition coefficient (Wildman–Crippen LogP) is 0.612. The van der Waals surface area contributed by atoms with Gasteiger partial charge in [-0.15, -0.1) is 0 Å². The lowest BCUT2D eigenvalue weighted by Gasteiger charge is -2.00. The number of nitrogen functional groups attached to an aromatic ring is 1. The number of hydrogen-bond donors (Lipinski definition) is 1. The standard InChI is InChI=1S/C9H11N5/c1-7-2-13-14(5-7)6-8-3-12-9(10)4-11-8/h2-5H,6H2,1H3,(H2,10,12). The molecule has 0 spiro atoms. The largest absolute Gasteiger partial charge is 0.382 e. The molecule has 0 saturated heterocycles. The number of hydrogen-bond acceptors (Lipinski definition) is 4. The minimum Gasteiger partial charge on any atom is -0.382 e. The molecule has 0 aliphatic heterocycles. The van der Waals surface area contributed by atoms with E-state index in [9.17, 15) is 0 Å². The molecule has 0 atom stereocenters. The van der Waals surface area contributed by atoms with E-state index < -0.39 is 0 Å². The van der Waals surface area contributed by atoms with Gasteiger partial charge in [0.2, 0.25) is 0 Å².